The van der Waals surface area contributed by atoms with Gasteiger partial charge in [0.25, 0.3) is 0 Å². The molecule has 0 radical (unpaired) electrons. The van der Waals surface area contributed by atoms with Crippen LogP contribution in [0.1, 0.15) is 49.7 Å². The first-order valence-electron chi connectivity index (χ1n) is 8.84. The monoisotopic (exact) mass is 448 g/mol. The van der Waals surface area contributed by atoms with E-state index in [9.17, 15) is 0 Å². The Labute approximate surface area is 163 Å². The zero-order valence-electron chi connectivity index (χ0n) is 15.5. The van der Waals surface area contributed by atoms with Crippen molar-refractivity contribution in [1.82, 2.24) is 15.5 Å². The van der Waals surface area contributed by atoms with Crippen LogP contribution in [0.15, 0.2) is 15.5 Å². The van der Waals surface area contributed by atoms with Gasteiger partial charge in [-0.1, -0.05) is 6.42 Å². The summed E-state index contributed by atoms with van der Waals surface area (Å²) in [5.41, 5.74) is 1.19. The fourth-order valence-electron chi connectivity index (χ4n) is 3.24. The van der Waals surface area contributed by atoms with E-state index in [0.717, 1.165) is 43.0 Å². The normalized spacial score (nSPS) is 19.0. The van der Waals surface area contributed by atoms with Gasteiger partial charge in [-0.05, 0) is 52.6 Å². The predicted molar refractivity (Wildman–Crippen MR) is 111 cm³/mol. The number of aryl methyl sites for hydroxylation is 2. The summed E-state index contributed by atoms with van der Waals surface area (Å²) in [6, 6.07) is 2.82. The Balaban J connectivity index is 0.00000288. The standard InChI is InChI=1S/C18H32N4O.HI/c1-14-8-5-6-10-22(14)11-7-9-20-18(19-4)21-13-17-12-15(2)23-16(17)3;/h12,14H,5-11,13H2,1-4H3,(H2,19,20,21);1H. The molecule has 2 heterocycles. The Kier molecular flexibility index (Phi) is 9.73. The molecule has 0 spiro atoms. The lowest BCUT2D eigenvalue weighted by Crippen LogP contribution is -2.41. The van der Waals surface area contributed by atoms with Gasteiger partial charge in [-0.3, -0.25) is 4.99 Å². The van der Waals surface area contributed by atoms with Crippen LogP contribution in [-0.4, -0.2) is 43.6 Å². The maximum Gasteiger partial charge on any atom is 0.191 e. The van der Waals surface area contributed by atoms with Crippen LogP contribution < -0.4 is 10.6 Å². The topological polar surface area (TPSA) is 52.8 Å². The number of furan rings is 1. The van der Waals surface area contributed by atoms with Gasteiger partial charge in [0.2, 0.25) is 0 Å². The summed E-state index contributed by atoms with van der Waals surface area (Å²) in [4.78, 5) is 6.90. The summed E-state index contributed by atoms with van der Waals surface area (Å²) in [7, 11) is 1.81. The molecule has 0 aliphatic carbocycles. The van der Waals surface area contributed by atoms with E-state index in [-0.39, 0.29) is 24.0 Å². The second-order valence-corrected chi connectivity index (χ2v) is 6.53. The van der Waals surface area contributed by atoms with Crippen LogP contribution in [0.3, 0.4) is 0 Å². The average molecular weight is 448 g/mol. The Bertz CT molecular complexity index is 515. The third kappa shape index (κ3) is 6.63. The lowest BCUT2D eigenvalue weighted by Gasteiger charge is -2.33. The van der Waals surface area contributed by atoms with Crippen molar-refractivity contribution in [3.05, 3.63) is 23.2 Å². The number of piperidine rings is 1. The van der Waals surface area contributed by atoms with Crippen LogP contribution >= 0.6 is 24.0 Å². The van der Waals surface area contributed by atoms with E-state index < -0.39 is 0 Å². The number of hydrogen-bond donors (Lipinski definition) is 2. The number of hydrogen-bond acceptors (Lipinski definition) is 3. The Morgan fingerprint density at radius 2 is 2.12 bits per heavy atom. The number of rotatable bonds is 6. The van der Waals surface area contributed by atoms with Gasteiger partial charge >= 0.3 is 0 Å². The molecule has 0 aromatic carbocycles. The lowest BCUT2D eigenvalue weighted by atomic mass is 10.0. The van der Waals surface area contributed by atoms with Gasteiger partial charge in [-0.25, -0.2) is 0 Å². The largest absolute Gasteiger partial charge is 0.466 e. The number of nitrogens with zero attached hydrogens (tertiary/aromatic N) is 2. The van der Waals surface area contributed by atoms with Gasteiger partial charge < -0.3 is 20.0 Å². The second-order valence-electron chi connectivity index (χ2n) is 6.53. The molecule has 1 unspecified atom stereocenters. The average Bonchev–Trinajstić information content (AvgIpc) is 2.86. The SMILES string of the molecule is CN=C(NCCCN1CCCCC1C)NCc1cc(C)oc1C.I. The van der Waals surface area contributed by atoms with Crippen LogP contribution in [0.25, 0.3) is 0 Å². The molecule has 0 amide bonds. The number of likely N-dealkylation sites (tertiary alicyclic amines) is 1. The number of aliphatic imine (C=N–C) groups is 1. The first-order valence-corrected chi connectivity index (χ1v) is 8.84. The Morgan fingerprint density at radius 3 is 2.75 bits per heavy atom. The van der Waals surface area contributed by atoms with E-state index in [2.05, 4.69) is 33.5 Å². The molecular formula is C18H33IN4O. The molecular weight excluding hydrogens is 415 g/mol. The van der Waals surface area contributed by atoms with Crippen molar-refractivity contribution < 1.29 is 4.42 Å². The van der Waals surface area contributed by atoms with Gasteiger partial charge in [-0.2, -0.15) is 0 Å². The number of nitrogens with one attached hydrogen (secondary N) is 2. The Hall–Kier alpha value is -0.760. The van der Waals surface area contributed by atoms with Crippen LogP contribution in [0.4, 0.5) is 0 Å². The van der Waals surface area contributed by atoms with Gasteiger partial charge in [0.1, 0.15) is 11.5 Å². The summed E-state index contributed by atoms with van der Waals surface area (Å²) >= 11 is 0. The lowest BCUT2D eigenvalue weighted by molar-refractivity contribution is 0.159. The maximum absolute atomic E-state index is 5.55. The van der Waals surface area contributed by atoms with E-state index in [1.54, 1.807) is 0 Å². The minimum Gasteiger partial charge on any atom is -0.466 e. The highest BCUT2D eigenvalue weighted by Gasteiger charge is 2.17. The van der Waals surface area contributed by atoms with Crippen molar-refractivity contribution >= 4 is 29.9 Å². The second kappa shape index (κ2) is 11.0. The third-order valence-electron chi connectivity index (χ3n) is 4.67. The first kappa shape index (κ1) is 21.3. The van der Waals surface area contributed by atoms with E-state index in [1.807, 2.05) is 20.9 Å². The first-order chi connectivity index (χ1) is 11.1. The molecule has 6 heteroatoms. The smallest absolute Gasteiger partial charge is 0.191 e. The highest BCUT2D eigenvalue weighted by atomic mass is 127. The van der Waals surface area contributed by atoms with Crippen LogP contribution in [0, 0.1) is 13.8 Å². The van der Waals surface area contributed by atoms with Crippen LogP contribution in [0.5, 0.6) is 0 Å². The molecule has 1 fully saturated rings. The quantitative estimate of drug-likeness (QED) is 0.303. The third-order valence-corrected chi connectivity index (χ3v) is 4.67. The number of guanidine groups is 1. The van der Waals surface area contributed by atoms with Crippen molar-refractivity contribution in [1.29, 1.82) is 0 Å². The van der Waals surface area contributed by atoms with E-state index in [0.29, 0.717) is 0 Å². The van der Waals surface area contributed by atoms with E-state index in [1.165, 1.54) is 37.9 Å². The molecule has 1 aliphatic heterocycles. The van der Waals surface area contributed by atoms with Gasteiger partial charge in [0.15, 0.2) is 5.96 Å². The predicted octanol–water partition coefficient (Wildman–Crippen LogP) is 3.44. The molecule has 1 atom stereocenters. The molecule has 1 saturated heterocycles. The summed E-state index contributed by atoms with van der Waals surface area (Å²) in [5, 5.41) is 6.75. The summed E-state index contributed by atoms with van der Waals surface area (Å²) in [5.74, 6) is 2.79. The minimum absolute atomic E-state index is 0. The molecule has 24 heavy (non-hydrogen) atoms. The van der Waals surface area contributed by atoms with Crippen molar-refractivity contribution in [2.24, 2.45) is 4.99 Å². The summed E-state index contributed by atoms with van der Waals surface area (Å²) in [6.45, 7) is 10.4. The molecule has 0 saturated carbocycles. The number of halogens is 1. The molecule has 1 aromatic rings. The highest BCUT2D eigenvalue weighted by Crippen LogP contribution is 2.16. The maximum atomic E-state index is 5.55. The molecule has 1 aliphatic rings. The molecule has 5 nitrogen and oxygen atoms in total. The minimum atomic E-state index is 0. The van der Waals surface area contributed by atoms with Crippen molar-refractivity contribution in [3.63, 3.8) is 0 Å². The fraction of sp³-hybridized carbons (Fsp3) is 0.722. The zero-order valence-corrected chi connectivity index (χ0v) is 17.9. The molecule has 2 N–H and O–H groups in total. The summed E-state index contributed by atoms with van der Waals surface area (Å²) < 4.78 is 5.55. The van der Waals surface area contributed by atoms with Crippen molar-refractivity contribution in [2.45, 2.75) is 59.0 Å². The fourth-order valence-corrected chi connectivity index (χ4v) is 3.24. The van der Waals surface area contributed by atoms with Gasteiger partial charge in [0, 0.05) is 38.3 Å². The van der Waals surface area contributed by atoms with Crippen LogP contribution in [0.2, 0.25) is 0 Å². The highest BCUT2D eigenvalue weighted by molar-refractivity contribution is 14.0. The Morgan fingerprint density at radius 1 is 1.33 bits per heavy atom. The van der Waals surface area contributed by atoms with Crippen LogP contribution in [-0.2, 0) is 6.54 Å². The summed E-state index contributed by atoms with van der Waals surface area (Å²) in [6.07, 6.45) is 5.23. The molecule has 2 rings (SSSR count). The van der Waals surface area contributed by atoms with Crippen molar-refractivity contribution in [2.75, 3.05) is 26.7 Å². The molecule has 1 aromatic heterocycles. The van der Waals surface area contributed by atoms with E-state index in [4.69, 9.17) is 4.42 Å². The van der Waals surface area contributed by atoms with Gasteiger partial charge in [0.05, 0.1) is 0 Å². The van der Waals surface area contributed by atoms with Gasteiger partial charge in [-0.15, -0.1) is 24.0 Å². The zero-order chi connectivity index (χ0) is 16.7. The molecule has 0 bridgehead atoms. The molecule has 138 valence electrons. The van der Waals surface area contributed by atoms with Crippen molar-refractivity contribution in [3.8, 4) is 0 Å². The van der Waals surface area contributed by atoms with E-state index >= 15 is 0 Å².